The number of carbonyl (C=O) groups is 1. The first kappa shape index (κ1) is 25.7. The van der Waals surface area contributed by atoms with Crippen molar-refractivity contribution in [2.45, 2.75) is 6.61 Å². The zero-order valence-electron chi connectivity index (χ0n) is 18.5. The second-order valence-electron chi connectivity index (χ2n) is 7.35. The van der Waals surface area contributed by atoms with Gasteiger partial charge in [0.1, 0.15) is 12.2 Å². The molecule has 0 bridgehead atoms. The van der Waals surface area contributed by atoms with Crippen LogP contribution in [0.25, 0.3) is 11.0 Å². The van der Waals surface area contributed by atoms with Crippen molar-refractivity contribution in [2.75, 3.05) is 7.11 Å². The topological polar surface area (TPSA) is 116 Å². The number of nitrogens with one attached hydrogen (secondary N) is 1. The van der Waals surface area contributed by atoms with Crippen molar-refractivity contribution in [1.29, 1.82) is 0 Å². The van der Waals surface area contributed by atoms with Crippen LogP contribution in [0.15, 0.2) is 64.1 Å². The average molecular weight is 640 g/mol. The van der Waals surface area contributed by atoms with Gasteiger partial charge in [-0.05, 0) is 64.6 Å². The van der Waals surface area contributed by atoms with Crippen molar-refractivity contribution in [1.82, 2.24) is 5.43 Å². The summed E-state index contributed by atoms with van der Waals surface area (Å²) in [5, 5.41) is 16.4. The number of halogens is 3. The van der Waals surface area contributed by atoms with E-state index in [-0.39, 0.29) is 18.1 Å². The molecule has 0 unspecified atom stereocenters. The molecule has 1 heterocycles. The second kappa shape index (κ2) is 11.1. The Kier molecular flexibility index (Phi) is 7.97. The van der Waals surface area contributed by atoms with Crippen molar-refractivity contribution >= 4 is 74.6 Å². The van der Waals surface area contributed by atoms with Crippen LogP contribution < -0.4 is 14.9 Å². The molecule has 4 aromatic rings. The summed E-state index contributed by atoms with van der Waals surface area (Å²) in [6.45, 7) is 0.215. The Labute approximate surface area is 228 Å². The number of nitro benzene ring substituents is 1. The van der Waals surface area contributed by atoms with Gasteiger partial charge in [0.15, 0.2) is 17.3 Å². The maximum Gasteiger partial charge on any atom is 0.307 e. The largest absolute Gasteiger partial charge is 0.493 e. The number of carbonyl (C=O) groups excluding carboxylic acids is 1. The molecule has 0 fully saturated rings. The predicted octanol–water partition coefficient (Wildman–Crippen LogP) is 6.60. The van der Waals surface area contributed by atoms with E-state index in [2.05, 4.69) is 33.1 Å². The minimum absolute atomic E-state index is 0.0283. The Hall–Kier alpha value is -3.35. The summed E-state index contributed by atoms with van der Waals surface area (Å²) >= 11 is 14.3. The van der Waals surface area contributed by atoms with Gasteiger partial charge in [-0.2, -0.15) is 5.10 Å². The molecule has 0 saturated heterocycles. The minimum Gasteiger partial charge on any atom is -0.493 e. The minimum atomic E-state index is -0.605. The van der Waals surface area contributed by atoms with Gasteiger partial charge in [0.05, 0.1) is 21.8 Å². The van der Waals surface area contributed by atoms with E-state index in [0.29, 0.717) is 38.1 Å². The van der Waals surface area contributed by atoms with Gasteiger partial charge >= 0.3 is 5.91 Å². The quantitative estimate of drug-likeness (QED) is 0.100. The van der Waals surface area contributed by atoms with Gasteiger partial charge in [-0.1, -0.05) is 29.3 Å². The number of hydrogen-bond donors (Lipinski definition) is 1. The number of furan rings is 1. The fraction of sp³-hybridized carbons (Fsp3) is 0.0833. The van der Waals surface area contributed by atoms with Gasteiger partial charge in [0.25, 0.3) is 5.69 Å². The molecule has 1 N–H and O–H groups in total. The molecular weight excluding hydrogens is 624 g/mol. The molecule has 0 saturated carbocycles. The first-order chi connectivity index (χ1) is 17.2. The number of fused-ring (bicyclic) bond motifs is 1. The van der Waals surface area contributed by atoms with Crippen LogP contribution in [0.2, 0.25) is 10.0 Å². The number of hydrazone groups is 1. The summed E-state index contributed by atoms with van der Waals surface area (Å²) < 4.78 is 17.6. The molecule has 0 atom stereocenters. The van der Waals surface area contributed by atoms with Crippen molar-refractivity contribution in [3.8, 4) is 11.5 Å². The molecule has 1 amide bonds. The van der Waals surface area contributed by atoms with Gasteiger partial charge in [0, 0.05) is 33.1 Å². The molecule has 0 spiro atoms. The molecule has 12 heteroatoms. The van der Waals surface area contributed by atoms with Crippen molar-refractivity contribution in [2.24, 2.45) is 5.10 Å². The van der Waals surface area contributed by atoms with E-state index < -0.39 is 10.8 Å². The molecule has 3 aromatic carbocycles. The molecule has 36 heavy (non-hydrogen) atoms. The number of amides is 1. The molecule has 0 aliphatic carbocycles. The highest BCUT2D eigenvalue weighted by molar-refractivity contribution is 14.1. The smallest absolute Gasteiger partial charge is 0.307 e. The van der Waals surface area contributed by atoms with E-state index in [1.807, 2.05) is 0 Å². The lowest BCUT2D eigenvalue weighted by Crippen LogP contribution is -2.16. The van der Waals surface area contributed by atoms with E-state index in [0.717, 1.165) is 9.13 Å². The van der Waals surface area contributed by atoms with Crippen LogP contribution in [0.4, 0.5) is 5.69 Å². The first-order valence-corrected chi connectivity index (χ1v) is 12.0. The number of rotatable bonds is 8. The first-order valence-electron chi connectivity index (χ1n) is 10.2. The summed E-state index contributed by atoms with van der Waals surface area (Å²) in [5.41, 5.74) is 4.05. The lowest BCUT2D eigenvalue weighted by Gasteiger charge is -2.14. The monoisotopic (exact) mass is 639 g/mol. The van der Waals surface area contributed by atoms with Gasteiger partial charge in [-0.15, -0.1) is 0 Å². The van der Waals surface area contributed by atoms with E-state index in [4.69, 9.17) is 37.1 Å². The number of non-ortho nitro benzene ring substituents is 1. The lowest BCUT2D eigenvalue weighted by molar-refractivity contribution is -0.384. The second-order valence-corrected chi connectivity index (χ2v) is 9.35. The molecule has 9 nitrogen and oxygen atoms in total. The highest BCUT2D eigenvalue weighted by Gasteiger charge is 2.15. The normalized spacial score (nSPS) is 11.1. The molecular formula is C24H16Cl2IN3O6. The third-order valence-electron chi connectivity index (χ3n) is 4.95. The van der Waals surface area contributed by atoms with Gasteiger partial charge in [-0.3, -0.25) is 14.9 Å². The maximum atomic E-state index is 12.4. The summed E-state index contributed by atoms with van der Waals surface area (Å²) in [6.07, 6.45) is 1.44. The van der Waals surface area contributed by atoms with Crippen LogP contribution in [0, 0.1) is 13.7 Å². The van der Waals surface area contributed by atoms with Crippen molar-refractivity contribution in [3.05, 3.63) is 95.2 Å². The summed E-state index contributed by atoms with van der Waals surface area (Å²) in [7, 11) is 1.52. The number of hydrogen-bond acceptors (Lipinski definition) is 7. The molecule has 184 valence electrons. The standard InChI is InChI=1S/C24H16Cl2IN3O6/c1-34-21-7-13(6-19(27)23(21)35-12-14-2-3-16(25)10-18(14)26)11-28-29-24(31)22-9-15-8-17(30(32)33)4-5-20(15)36-22/h2-11H,12H2,1H3,(H,29,31)/b28-11+. The van der Waals surface area contributed by atoms with Crippen LogP contribution in [0.3, 0.4) is 0 Å². The van der Waals surface area contributed by atoms with Crippen LogP contribution in [0.1, 0.15) is 21.7 Å². The molecule has 0 aliphatic heterocycles. The fourth-order valence-corrected chi connectivity index (χ4v) is 4.46. The number of benzene rings is 3. The van der Waals surface area contributed by atoms with Crippen LogP contribution in [0.5, 0.6) is 11.5 Å². The Morgan fingerprint density at radius 3 is 2.72 bits per heavy atom. The lowest BCUT2D eigenvalue weighted by atomic mass is 10.2. The SMILES string of the molecule is COc1cc(/C=N/NC(=O)c2cc3cc([N+](=O)[O-])ccc3o2)cc(I)c1OCc1ccc(Cl)cc1Cl. The molecule has 0 aliphatic rings. The van der Waals surface area contributed by atoms with E-state index in [1.165, 1.54) is 37.6 Å². The van der Waals surface area contributed by atoms with Gasteiger partial charge in [-0.25, -0.2) is 5.43 Å². The van der Waals surface area contributed by atoms with Crippen LogP contribution in [-0.2, 0) is 6.61 Å². The Bertz CT molecular complexity index is 1500. The Morgan fingerprint density at radius 1 is 1.19 bits per heavy atom. The molecule has 1 aromatic heterocycles. The van der Waals surface area contributed by atoms with Crippen LogP contribution >= 0.6 is 45.8 Å². The van der Waals surface area contributed by atoms with Gasteiger partial charge in [0.2, 0.25) is 0 Å². The van der Waals surface area contributed by atoms with Crippen LogP contribution in [-0.4, -0.2) is 24.2 Å². The zero-order chi connectivity index (χ0) is 25.8. The summed E-state index contributed by atoms with van der Waals surface area (Å²) in [5.74, 6) is 0.367. The molecule has 4 rings (SSSR count). The highest BCUT2D eigenvalue weighted by atomic mass is 127. The van der Waals surface area contributed by atoms with E-state index >= 15 is 0 Å². The summed E-state index contributed by atoms with van der Waals surface area (Å²) in [6, 6.07) is 14.2. The number of nitro groups is 1. The van der Waals surface area contributed by atoms with Crippen molar-refractivity contribution in [3.63, 3.8) is 0 Å². The Balaban J connectivity index is 1.45. The number of ether oxygens (including phenoxy) is 2. The average Bonchev–Trinajstić information content (AvgIpc) is 3.27. The third-order valence-corrected chi connectivity index (χ3v) is 6.34. The Morgan fingerprint density at radius 2 is 2.00 bits per heavy atom. The highest BCUT2D eigenvalue weighted by Crippen LogP contribution is 2.35. The fourth-order valence-electron chi connectivity index (χ4n) is 3.22. The zero-order valence-corrected chi connectivity index (χ0v) is 22.1. The molecule has 0 radical (unpaired) electrons. The maximum absolute atomic E-state index is 12.4. The van der Waals surface area contributed by atoms with E-state index in [1.54, 1.807) is 30.3 Å². The number of nitrogens with zero attached hydrogens (tertiary/aromatic N) is 2. The van der Waals surface area contributed by atoms with Crippen molar-refractivity contribution < 1.29 is 23.6 Å². The van der Waals surface area contributed by atoms with E-state index in [9.17, 15) is 14.9 Å². The van der Waals surface area contributed by atoms with Gasteiger partial charge < -0.3 is 13.9 Å². The number of methoxy groups -OCH3 is 1. The summed E-state index contributed by atoms with van der Waals surface area (Å²) in [4.78, 5) is 22.8. The predicted molar refractivity (Wildman–Crippen MR) is 144 cm³/mol. The third kappa shape index (κ3) is 5.89.